The third-order valence-electron chi connectivity index (χ3n) is 6.08. The topological polar surface area (TPSA) is 104 Å². The number of amides is 3. The minimum atomic E-state index is -0.932. The van der Waals surface area contributed by atoms with Crippen LogP contribution < -0.4 is 10.6 Å². The maximum Gasteiger partial charge on any atom is 0.259 e. The van der Waals surface area contributed by atoms with Crippen molar-refractivity contribution in [1.29, 1.82) is 0 Å². The van der Waals surface area contributed by atoms with Gasteiger partial charge in [0.2, 0.25) is 5.91 Å². The minimum Gasteiger partial charge on any atom is -0.323 e. The van der Waals surface area contributed by atoms with E-state index in [9.17, 15) is 14.4 Å². The number of hydrogen-bond donors (Lipinski definition) is 2. The summed E-state index contributed by atoms with van der Waals surface area (Å²) in [6.45, 7) is -0.0785. The smallest absolute Gasteiger partial charge is 0.259 e. The summed E-state index contributed by atoms with van der Waals surface area (Å²) in [6.07, 6.45) is 3.26. The molecule has 0 unspecified atom stereocenters. The molecule has 0 spiro atoms. The van der Waals surface area contributed by atoms with Crippen LogP contribution in [-0.2, 0) is 17.8 Å². The van der Waals surface area contributed by atoms with Gasteiger partial charge in [-0.25, -0.2) is 9.37 Å². The van der Waals surface area contributed by atoms with Gasteiger partial charge in [-0.1, -0.05) is 29.8 Å². The van der Waals surface area contributed by atoms with Gasteiger partial charge in [0.05, 0.1) is 16.8 Å². The third-order valence-corrected chi connectivity index (χ3v) is 6.31. The van der Waals surface area contributed by atoms with E-state index in [0.717, 1.165) is 0 Å². The van der Waals surface area contributed by atoms with Gasteiger partial charge >= 0.3 is 0 Å². The Hall–Kier alpha value is -4.63. The van der Waals surface area contributed by atoms with Crippen LogP contribution in [0.5, 0.6) is 0 Å². The Morgan fingerprint density at radius 1 is 1.00 bits per heavy atom. The first-order valence-corrected chi connectivity index (χ1v) is 12.1. The molecule has 0 fully saturated rings. The van der Waals surface area contributed by atoms with E-state index in [2.05, 4.69) is 20.6 Å². The molecule has 2 N–H and O–H groups in total. The number of carbonyl (C=O) groups excluding carboxylic acids is 3. The van der Waals surface area contributed by atoms with E-state index in [4.69, 9.17) is 11.6 Å². The summed E-state index contributed by atoms with van der Waals surface area (Å²) in [4.78, 5) is 49.2. The fraction of sp³-hybridized carbons (Fsp3) is 0.107. The van der Waals surface area contributed by atoms with Crippen LogP contribution in [0.25, 0.3) is 0 Å². The van der Waals surface area contributed by atoms with E-state index >= 15 is 4.39 Å². The average Bonchev–Trinajstić information content (AvgIpc) is 2.99. The van der Waals surface area contributed by atoms with Crippen molar-refractivity contribution >= 4 is 40.8 Å². The molecule has 1 aliphatic rings. The van der Waals surface area contributed by atoms with Crippen LogP contribution >= 0.6 is 11.6 Å². The van der Waals surface area contributed by atoms with Crippen molar-refractivity contribution in [2.75, 3.05) is 10.6 Å². The van der Waals surface area contributed by atoms with Crippen LogP contribution in [0.2, 0.25) is 5.02 Å². The number of hydrogen-bond acceptors (Lipinski definition) is 5. The lowest BCUT2D eigenvalue weighted by Crippen LogP contribution is -2.46. The highest BCUT2D eigenvalue weighted by Gasteiger charge is 2.36. The predicted molar refractivity (Wildman–Crippen MR) is 140 cm³/mol. The molecule has 0 radical (unpaired) electrons. The van der Waals surface area contributed by atoms with Crippen molar-refractivity contribution in [3.8, 4) is 0 Å². The molecule has 10 heteroatoms. The van der Waals surface area contributed by atoms with Crippen LogP contribution in [0, 0.1) is 5.82 Å². The summed E-state index contributed by atoms with van der Waals surface area (Å²) >= 11 is 6.10. The Balaban J connectivity index is 1.45. The quantitative estimate of drug-likeness (QED) is 0.376. The summed E-state index contributed by atoms with van der Waals surface area (Å²) < 4.78 is 15.1. The van der Waals surface area contributed by atoms with Crippen LogP contribution in [0.3, 0.4) is 0 Å². The zero-order valence-corrected chi connectivity index (χ0v) is 20.7. The molecular formula is C28H21ClFN5O3. The Morgan fingerprint density at radius 2 is 1.79 bits per heavy atom. The van der Waals surface area contributed by atoms with E-state index in [1.807, 2.05) is 0 Å². The number of halogens is 2. The lowest BCUT2D eigenvalue weighted by atomic mass is 10.0. The predicted octanol–water partition coefficient (Wildman–Crippen LogP) is 4.73. The van der Waals surface area contributed by atoms with Gasteiger partial charge in [-0.2, -0.15) is 0 Å². The highest BCUT2D eigenvalue weighted by Crippen LogP contribution is 2.29. The van der Waals surface area contributed by atoms with Crippen molar-refractivity contribution in [3.05, 3.63) is 118 Å². The van der Waals surface area contributed by atoms with Crippen molar-refractivity contribution in [2.45, 2.75) is 19.0 Å². The van der Waals surface area contributed by atoms with E-state index in [1.54, 1.807) is 60.8 Å². The SMILES string of the molecule is O=C(Nc1ccccn1)c1ccc(CN2C(=O)c3ccc(Cl)cc3NC(=O)[C@H]2Cc2ccccn2)cc1F. The second-order valence-electron chi connectivity index (χ2n) is 8.64. The number of pyridine rings is 2. The molecule has 0 aliphatic carbocycles. The number of anilines is 2. The largest absolute Gasteiger partial charge is 0.323 e. The highest BCUT2D eigenvalue weighted by molar-refractivity contribution is 6.31. The molecule has 4 aromatic rings. The van der Waals surface area contributed by atoms with Gasteiger partial charge in [0.25, 0.3) is 11.8 Å². The second-order valence-corrected chi connectivity index (χ2v) is 9.07. The van der Waals surface area contributed by atoms with Gasteiger partial charge in [-0.15, -0.1) is 0 Å². The number of benzene rings is 2. The Morgan fingerprint density at radius 3 is 2.50 bits per heavy atom. The number of nitrogens with zero attached hydrogens (tertiary/aromatic N) is 3. The first kappa shape index (κ1) is 25.0. The van der Waals surface area contributed by atoms with Crippen molar-refractivity contribution in [3.63, 3.8) is 0 Å². The average molecular weight is 530 g/mol. The van der Waals surface area contributed by atoms with Gasteiger partial charge < -0.3 is 15.5 Å². The third kappa shape index (κ3) is 5.37. The Bertz CT molecular complexity index is 1520. The first-order chi connectivity index (χ1) is 18.4. The van der Waals surface area contributed by atoms with E-state index in [0.29, 0.717) is 27.8 Å². The molecule has 2 aromatic carbocycles. The van der Waals surface area contributed by atoms with Gasteiger partial charge in [0, 0.05) is 36.1 Å². The molecule has 1 atom stereocenters. The fourth-order valence-electron chi connectivity index (χ4n) is 4.22. The van der Waals surface area contributed by atoms with Crippen LogP contribution in [0.1, 0.15) is 32.0 Å². The molecule has 190 valence electrons. The van der Waals surface area contributed by atoms with Gasteiger partial charge in [-0.3, -0.25) is 19.4 Å². The summed E-state index contributed by atoms with van der Waals surface area (Å²) in [5.74, 6) is -1.98. The summed E-state index contributed by atoms with van der Waals surface area (Å²) in [6, 6.07) is 18.1. The molecule has 3 amide bonds. The standard InChI is InChI=1S/C28H21ClFN5O3/c29-18-8-10-21-23(14-18)33-27(37)24(15-19-5-1-3-11-31-19)35(28(21)38)16-17-7-9-20(22(30)13-17)26(36)34-25-6-2-4-12-32-25/h1-14,24H,15-16H2,(H,33,37)(H,32,34,36)/t24-/m1/s1. The molecule has 8 nitrogen and oxygen atoms in total. The molecule has 0 saturated carbocycles. The lowest BCUT2D eigenvalue weighted by Gasteiger charge is -2.29. The number of carbonyl (C=O) groups is 3. The van der Waals surface area contributed by atoms with Crippen molar-refractivity contribution < 1.29 is 18.8 Å². The molecule has 5 rings (SSSR count). The van der Waals surface area contributed by atoms with E-state index < -0.39 is 29.6 Å². The molecular weight excluding hydrogens is 509 g/mol. The van der Waals surface area contributed by atoms with Gasteiger partial charge in [-0.05, 0) is 60.2 Å². The van der Waals surface area contributed by atoms with Crippen LogP contribution in [-0.4, -0.2) is 38.6 Å². The Labute approximate surface area is 222 Å². The summed E-state index contributed by atoms with van der Waals surface area (Å²) in [7, 11) is 0. The molecule has 2 aromatic heterocycles. The van der Waals surface area contributed by atoms with E-state index in [-0.39, 0.29) is 24.1 Å². The van der Waals surface area contributed by atoms with Crippen LogP contribution in [0.4, 0.5) is 15.9 Å². The van der Waals surface area contributed by atoms with E-state index in [1.165, 1.54) is 29.3 Å². The maximum absolute atomic E-state index is 15.1. The molecule has 1 aliphatic heterocycles. The molecule has 3 heterocycles. The fourth-order valence-corrected chi connectivity index (χ4v) is 4.39. The number of aromatic nitrogens is 2. The van der Waals surface area contributed by atoms with Gasteiger partial charge in [0.15, 0.2) is 0 Å². The van der Waals surface area contributed by atoms with Crippen LogP contribution in [0.15, 0.2) is 85.2 Å². The highest BCUT2D eigenvalue weighted by atomic mass is 35.5. The molecule has 0 bridgehead atoms. The molecule has 38 heavy (non-hydrogen) atoms. The zero-order valence-electron chi connectivity index (χ0n) is 19.9. The number of fused-ring (bicyclic) bond motifs is 1. The van der Waals surface area contributed by atoms with Gasteiger partial charge in [0.1, 0.15) is 17.7 Å². The Kier molecular flexibility index (Phi) is 7.10. The number of nitrogens with one attached hydrogen (secondary N) is 2. The first-order valence-electron chi connectivity index (χ1n) is 11.7. The molecule has 0 saturated heterocycles. The number of rotatable bonds is 6. The van der Waals surface area contributed by atoms with Crippen molar-refractivity contribution in [1.82, 2.24) is 14.9 Å². The minimum absolute atomic E-state index is 0.0785. The summed E-state index contributed by atoms with van der Waals surface area (Å²) in [5.41, 5.74) is 1.40. The zero-order chi connectivity index (χ0) is 26.6. The lowest BCUT2D eigenvalue weighted by molar-refractivity contribution is -0.120. The maximum atomic E-state index is 15.1. The summed E-state index contributed by atoms with van der Waals surface area (Å²) in [5, 5.41) is 5.71. The second kappa shape index (κ2) is 10.8. The monoisotopic (exact) mass is 529 g/mol. The normalized spacial score (nSPS) is 14.9. The van der Waals surface area contributed by atoms with Crippen molar-refractivity contribution in [2.24, 2.45) is 0 Å².